The van der Waals surface area contributed by atoms with E-state index in [0.29, 0.717) is 29.9 Å². The average molecular weight is 424 g/mol. The van der Waals surface area contributed by atoms with Crippen LogP contribution in [0.25, 0.3) is 0 Å². The molecular weight excluding hydrogens is 394 g/mol. The van der Waals surface area contributed by atoms with Crippen molar-refractivity contribution in [3.05, 3.63) is 45.4 Å². The molecule has 28 heavy (non-hydrogen) atoms. The standard InChI is InChI=1S/C19H29N5O2S2/c1-13(2)16-12-27-18(24-16)11-22-19(20-5)21-8-9-23-28(25,26)17-10-14(3)6-7-15(17)4/h6-7,10,12-13,23H,8-9,11H2,1-5H3,(H2,20,21,22). The van der Waals surface area contributed by atoms with Crippen molar-refractivity contribution >= 4 is 27.3 Å². The summed E-state index contributed by atoms with van der Waals surface area (Å²) in [6.45, 7) is 9.15. The summed E-state index contributed by atoms with van der Waals surface area (Å²) in [4.78, 5) is 9.05. The first-order valence-corrected chi connectivity index (χ1v) is 11.5. The fourth-order valence-electron chi connectivity index (χ4n) is 2.49. The zero-order chi connectivity index (χ0) is 20.7. The zero-order valence-corrected chi connectivity index (χ0v) is 18.7. The summed E-state index contributed by atoms with van der Waals surface area (Å²) in [6, 6.07) is 5.40. The van der Waals surface area contributed by atoms with Gasteiger partial charge in [-0.15, -0.1) is 11.3 Å². The molecule has 154 valence electrons. The highest BCUT2D eigenvalue weighted by Crippen LogP contribution is 2.17. The third-order valence-corrected chi connectivity index (χ3v) is 6.60. The smallest absolute Gasteiger partial charge is 0.240 e. The van der Waals surface area contributed by atoms with Crippen molar-refractivity contribution in [3.63, 3.8) is 0 Å². The van der Waals surface area contributed by atoms with E-state index in [-0.39, 0.29) is 6.54 Å². The molecule has 7 nitrogen and oxygen atoms in total. The van der Waals surface area contributed by atoms with Gasteiger partial charge in [0.25, 0.3) is 0 Å². The second-order valence-corrected chi connectivity index (χ2v) is 9.52. The lowest BCUT2D eigenvalue weighted by Gasteiger charge is -2.13. The Balaban J connectivity index is 1.81. The van der Waals surface area contributed by atoms with Gasteiger partial charge in [0.05, 0.1) is 17.1 Å². The molecule has 1 heterocycles. The summed E-state index contributed by atoms with van der Waals surface area (Å²) >= 11 is 1.61. The van der Waals surface area contributed by atoms with Crippen LogP contribution in [0.4, 0.5) is 0 Å². The van der Waals surface area contributed by atoms with Gasteiger partial charge in [-0.1, -0.05) is 26.0 Å². The summed E-state index contributed by atoms with van der Waals surface area (Å²) in [5.74, 6) is 1.01. The highest BCUT2D eigenvalue weighted by atomic mass is 32.2. The zero-order valence-electron chi connectivity index (χ0n) is 17.0. The van der Waals surface area contributed by atoms with Gasteiger partial charge < -0.3 is 10.6 Å². The van der Waals surface area contributed by atoms with Crippen LogP contribution in [-0.4, -0.2) is 39.5 Å². The van der Waals surface area contributed by atoms with Gasteiger partial charge in [0.1, 0.15) is 5.01 Å². The maximum atomic E-state index is 12.5. The van der Waals surface area contributed by atoms with Crippen LogP contribution >= 0.6 is 11.3 Å². The first kappa shape index (κ1) is 22.3. The van der Waals surface area contributed by atoms with E-state index < -0.39 is 10.0 Å². The molecule has 0 amide bonds. The van der Waals surface area contributed by atoms with Crippen molar-refractivity contribution in [2.24, 2.45) is 4.99 Å². The van der Waals surface area contributed by atoms with E-state index in [1.54, 1.807) is 31.4 Å². The summed E-state index contributed by atoms with van der Waals surface area (Å²) in [5.41, 5.74) is 2.73. The van der Waals surface area contributed by atoms with Crippen LogP contribution in [0.3, 0.4) is 0 Å². The highest BCUT2D eigenvalue weighted by Gasteiger charge is 2.16. The molecule has 2 rings (SSSR count). The molecule has 3 N–H and O–H groups in total. The predicted octanol–water partition coefficient (Wildman–Crippen LogP) is 2.53. The predicted molar refractivity (Wildman–Crippen MR) is 116 cm³/mol. The van der Waals surface area contributed by atoms with Gasteiger partial charge in [-0.05, 0) is 37.0 Å². The van der Waals surface area contributed by atoms with Crippen LogP contribution in [0.2, 0.25) is 0 Å². The van der Waals surface area contributed by atoms with E-state index in [0.717, 1.165) is 21.8 Å². The maximum absolute atomic E-state index is 12.5. The number of rotatable bonds is 8. The molecule has 0 saturated carbocycles. The Morgan fingerprint density at radius 2 is 1.96 bits per heavy atom. The second-order valence-electron chi connectivity index (χ2n) is 6.84. The van der Waals surface area contributed by atoms with Crippen LogP contribution in [0.1, 0.15) is 41.6 Å². The van der Waals surface area contributed by atoms with Crippen LogP contribution in [-0.2, 0) is 16.6 Å². The molecule has 1 aromatic carbocycles. The lowest BCUT2D eigenvalue weighted by molar-refractivity contribution is 0.580. The molecule has 0 aliphatic carbocycles. The summed E-state index contributed by atoms with van der Waals surface area (Å²) in [7, 11) is -1.86. The average Bonchev–Trinajstić information content (AvgIpc) is 3.12. The first-order valence-electron chi connectivity index (χ1n) is 9.18. The number of sulfonamides is 1. The largest absolute Gasteiger partial charge is 0.355 e. The molecule has 9 heteroatoms. The molecule has 0 aliphatic rings. The first-order chi connectivity index (χ1) is 13.2. The van der Waals surface area contributed by atoms with Crippen LogP contribution in [0.5, 0.6) is 0 Å². The fourth-order valence-corrected chi connectivity index (χ4v) is 4.75. The number of aliphatic imine (C=N–C) groups is 1. The fraction of sp³-hybridized carbons (Fsp3) is 0.474. The lowest BCUT2D eigenvalue weighted by Crippen LogP contribution is -2.41. The lowest BCUT2D eigenvalue weighted by atomic mass is 10.2. The quantitative estimate of drug-likeness (QED) is 0.344. The Bertz CT molecular complexity index is 920. The molecule has 0 radical (unpaired) electrons. The van der Waals surface area contributed by atoms with Crippen LogP contribution in [0.15, 0.2) is 33.5 Å². The molecule has 1 aromatic heterocycles. The van der Waals surface area contributed by atoms with Crippen molar-refractivity contribution in [2.45, 2.75) is 45.1 Å². The van der Waals surface area contributed by atoms with E-state index in [1.165, 1.54) is 0 Å². The number of benzene rings is 1. The Hall–Kier alpha value is -1.97. The molecule has 0 bridgehead atoms. The number of guanidine groups is 1. The number of hydrogen-bond acceptors (Lipinski definition) is 5. The molecule has 0 saturated heterocycles. The van der Waals surface area contributed by atoms with E-state index in [1.807, 2.05) is 19.1 Å². The van der Waals surface area contributed by atoms with E-state index in [4.69, 9.17) is 0 Å². The Kier molecular flexibility index (Phi) is 7.97. The molecule has 0 aliphatic heterocycles. The summed E-state index contributed by atoms with van der Waals surface area (Å²) in [5, 5.41) is 9.36. The number of aryl methyl sites for hydroxylation is 2. The number of aromatic nitrogens is 1. The second kappa shape index (κ2) is 9.99. The SMILES string of the molecule is CN=C(NCCNS(=O)(=O)c1cc(C)ccc1C)NCc1nc(C(C)C)cs1. The molecule has 0 fully saturated rings. The van der Waals surface area contributed by atoms with Crippen LogP contribution < -0.4 is 15.4 Å². The van der Waals surface area contributed by atoms with Gasteiger partial charge in [-0.3, -0.25) is 4.99 Å². The molecule has 2 aromatic rings. The van der Waals surface area contributed by atoms with Crippen molar-refractivity contribution < 1.29 is 8.42 Å². The topological polar surface area (TPSA) is 95.5 Å². The molecule has 0 atom stereocenters. The maximum Gasteiger partial charge on any atom is 0.240 e. The van der Waals surface area contributed by atoms with Gasteiger partial charge in [-0.2, -0.15) is 0 Å². The van der Waals surface area contributed by atoms with Crippen molar-refractivity contribution in [3.8, 4) is 0 Å². The van der Waals surface area contributed by atoms with Crippen molar-refractivity contribution in [1.29, 1.82) is 0 Å². The highest BCUT2D eigenvalue weighted by molar-refractivity contribution is 7.89. The van der Waals surface area contributed by atoms with Crippen molar-refractivity contribution in [2.75, 3.05) is 20.1 Å². The Labute approximate surface area is 171 Å². The normalized spacial score (nSPS) is 12.4. The van der Waals surface area contributed by atoms with Gasteiger partial charge >= 0.3 is 0 Å². The van der Waals surface area contributed by atoms with E-state index in [9.17, 15) is 8.42 Å². The van der Waals surface area contributed by atoms with Gasteiger partial charge in [0, 0.05) is 25.5 Å². The van der Waals surface area contributed by atoms with Gasteiger partial charge in [-0.25, -0.2) is 18.1 Å². The Morgan fingerprint density at radius 1 is 1.21 bits per heavy atom. The minimum Gasteiger partial charge on any atom is -0.355 e. The number of nitrogens with one attached hydrogen (secondary N) is 3. The molecular formula is C19H29N5O2S2. The molecule has 0 spiro atoms. The van der Waals surface area contributed by atoms with Crippen molar-refractivity contribution in [1.82, 2.24) is 20.3 Å². The number of nitrogens with zero attached hydrogens (tertiary/aromatic N) is 2. The minimum atomic E-state index is -3.54. The summed E-state index contributed by atoms with van der Waals surface area (Å²) in [6.07, 6.45) is 0. The third kappa shape index (κ3) is 6.29. The monoisotopic (exact) mass is 423 g/mol. The summed E-state index contributed by atoms with van der Waals surface area (Å²) < 4.78 is 27.6. The van der Waals surface area contributed by atoms with Crippen LogP contribution in [0, 0.1) is 13.8 Å². The van der Waals surface area contributed by atoms with Gasteiger partial charge in [0.15, 0.2) is 5.96 Å². The minimum absolute atomic E-state index is 0.255. The third-order valence-electron chi connectivity index (χ3n) is 4.13. The number of hydrogen-bond donors (Lipinski definition) is 3. The Morgan fingerprint density at radius 3 is 2.61 bits per heavy atom. The number of thiazole rings is 1. The van der Waals surface area contributed by atoms with Gasteiger partial charge in [0.2, 0.25) is 10.0 Å². The van der Waals surface area contributed by atoms with E-state index in [2.05, 4.69) is 44.6 Å². The molecule has 0 unspecified atom stereocenters. The van der Waals surface area contributed by atoms with E-state index >= 15 is 0 Å².